The molecule has 6 nitrogen and oxygen atoms in total. The molecule has 0 aliphatic rings. The van der Waals surface area contributed by atoms with Gasteiger partial charge in [0.15, 0.2) is 0 Å². The summed E-state index contributed by atoms with van der Waals surface area (Å²) in [5.41, 5.74) is 1.43. The van der Waals surface area contributed by atoms with E-state index in [1.165, 1.54) is 12.1 Å². The summed E-state index contributed by atoms with van der Waals surface area (Å²) in [4.78, 5) is 31.5. The molecule has 0 saturated heterocycles. The number of carbonyl (C=O) groups is 1. The van der Waals surface area contributed by atoms with E-state index < -0.39 is 0 Å². The standard InChI is InChI=1S/C25H22FN3O3/c26-18-10-14-20(15-11-18)32-19-12-8-17(9-13-19)16-27-24(30)7-3-6-23-28-22-5-2-1-4-21(22)25(31)29-23/h1-2,4-5,8-15H,3,6-7,16H2,(H,27,30)(H,28,29,31). The number of rotatable bonds is 8. The van der Waals surface area contributed by atoms with Crippen LogP contribution in [-0.2, 0) is 17.8 Å². The number of nitrogens with zero attached hydrogens (tertiary/aromatic N) is 1. The molecule has 1 amide bonds. The minimum Gasteiger partial charge on any atom is -0.457 e. The van der Waals surface area contributed by atoms with Crippen molar-refractivity contribution in [3.8, 4) is 11.5 Å². The summed E-state index contributed by atoms with van der Waals surface area (Å²) in [5.74, 6) is 1.38. The van der Waals surface area contributed by atoms with Gasteiger partial charge >= 0.3 is 0 Å². The van der Waals surface area contributed by atoms with Gasteiger partial charge in [-0.05, 0) is 60.5 Å². The highest BCUT2D eigenvalue weighted by atomic mass is 19.1. The molecule has 32 heavy (non-hydrogen) atoms. The Labute approximate surface area is 184 Å². The van der Waals surface area contributed by atoms with Gasteiger partial charge in [-0.1, -0.05) is 24.3 Å². The van der Waals surface area contributed by atoms with E-state index in [4.69, 9.17) is 4.74 Å². The van der Waals surface area contributed by atoms with Crippen LogP contribution in [0.2, 0.25) is 0 Å². The molecule has 4 rings (SSSR count). The number of hydrogen-bond donors (Lipinski definition) is 2. The molecular weight excluding hydrogens is 409 g/mol. The molecular formula is C25H22FN3O3. The van der Waals surface area contributed by atoms with E-state index in [2.05, 4.69) is 15.3 Å². The van der Waals surface area contributed by atoms with E-state index in [0.717, 1.165) is 5.56 Å². The molecule has 4 aromatic rings. The Morgan fingerprint density at radius 3 is 2.41 bits per heavy atom. The average Bonchev–Trinajstić information content (AvgIpc) is 2.80. The first-order chi connectivity index (χ1) is 15.6. The van der Waals surface area contributed by atoms with Gasteiger partial charge < -0.3 is 15.0 Å². The number of aryl methyl sites for hydroxylation is 1. The number of aromatic nitrogens is 2. The van der Waals surface area contributed by atoms with Gasteiger partial charge in [0.05, 0.1) is 10.9 Å². The maximum atomic E-state index is 13.0. The SMILES string of the molecule is O=C(CCCc1nc2ccccc2c(=O)[nH]1)NCc1ccc(Oc2ccc(F)cc2)cc1. The number of aromatic amines is 1. The molecule has 2 N–H and O–H groups in total. The van der Waals surface area contributed by atoms with Crippen LogP contribution in [-0.4, -0.2) is 15.9 Å². The highest BCUT2D eigenvalue weighted by molar-refractivity contribution is 5.77. The van der Waals surface area contributed by atoms with Crippen molar-refractivity contribution in [1.82, 2.24) is 15.3 Å². The summed E-state index contributed by atoms with van der Waals surface area (Å²) in [6, 6.07) is 20.3. The predicted molar refractivity (Wildman–Crippen MR) is 120 cm³/mol. The number of nitrogens with one attached hydrogen (secondary N) is 2. The second-order valence-electron chi connectivity index (χ2n) is 7.36. The van der Waals surface area contributed by atoms with Crippen LogP contribution in [0.5, 0.6) is 11.5 Å². The van der Waals surface area contributed by atoms with E-state index in [1.54, 1.807) is 42.5 Å². The maximum Gasteiger partial charge on any atom is 0.258 e. The largest absolute Gasteiger partial charge is 0.457 e. The molecule has 162 valence electrons. The van der Waals surface area contributed by atoms with E-state index in [-0.39, 0.29) is 17.3 Å². The lowest BCUT2D eigenvalue weighted by molar-refractivity contribution is -0.121. The summed E-state index contributed by atoms with van der Waals surface area (Å²) in [6.45, 7) is 0.403. The van der Waals surface area contributed by atoms with Crippen LogP contribution in [0, 0.1) is 5.82 Å². The van der Waals surface area contributed by atoms with Gasteiger partial charge in [0.1, 0.15) is 23.1 Å². The first kappa shape index (κ1) is 21.2. The molecule has 0 aliphatic carbocycles. The van der Waals surface area contributed by atoms with Crippen molar-refractivity contribution in [2.75, 3.05) is 0 Å². The van der Waals surface area contributed by atoms with E-state index in [1.807, 2.05) is 18.2 Å². The van der Waals surface area contributed by atoms with Gasteiger partial charge in [-0.2, -0.15) is 0 Å². The van der Waals surface area contributed by atoms with Crippen LogP contribution in [0.3, 0.4) is 0 Å². The monoisotopic (exact) mass is 431 g/mol. The van der Waals surface area contributed by atoms with Gasteiger partial charge in [-0.3, -0.25) is 9.59 Å². The van der Waals surface area contributed by atoms with E-state index >= 15 is 0 Å². The average molecular weight is 431 g/mol. The minimum absolute atomic E-state index is 0.0697. The van der Waals surface area contributed by atoms with Crippen molar-refractivity contribution < 1.29 is 13.9 Å². The summed E-state index contributed by atoms with van der Waals surface area (Å²) in [6.07, 6.45) is 1.43. The fourth-order valence-corrected chi connectivity index (χ4v) is 3.27. The zero-order chi connectivity index (χ0) is 22.3. The first-order valence-electron chi connectivity index (χ1n) is 10.3. The van der Waals surface area contributed by atoms with E-state index in [0.29, 0.717) is 54.0 Å². The summed E-state index contributed by atoms with van der Waals surface area (Å²) in [5, 5.41) is 3.45. The molecule has 0 saturated carbocycles. The topological polar surface area (TPSA) is 84.1 Å². The number of halogens is 1. The van der Waals surface area contributed by atoms with Gasteiger partial charge in [-0.25, -0.2) is 9.37 Å². The third-order valence-electron chi connectivity index (χ3n) is 4.94. The second-order valence-corrected chi connectivity index (χ2v) is 7.36. The molecule has 0 unspecified atom stereocenters. The molecule has 3 aromatic carbocycles. The fourth-order valence-electron chi connectivity index (χ4n) is 3.27. The van der Waals surface area contributed by atoms with Crippen molar-refractivity contribution in [1.29, 1.82) is 0 Å². The molecule has 0 fully saturated rings. The van der Waals surface area contributed by atoms with Crippen molar-refractivity contribution in [3.63, 3.8) is 0 Å². The number of para-hydroxylation sites is 1. The quantitative estimate of drug-likeness (QED) is 0.430. The first-order valence-corrected chi connectivity index (χ1v) is 10.3. The predicted octanol–water partition coefficient (Wildman–Crippen LogP) is 4.49. The second kappa shape index (κ2) is 9.87. The molecule has 0 spiro atoms. The molecule has 0 radical (unpaired) electrons. The number of amides is 1. The van der Waals surface area contributed by atoms with Crippen LogP contribution < -0.4 is 15.6 Å². The highest BCUT2D eigenvalue weighted by Gasteiger charge is 2.06. The summed E-state index contributed by atoms with van der Waals surface area (Å²) >= 11 is 0. The maximum absolute atomic E-state index is 13.0. The lowest BCUT2D eigenvalue weighted by Gasteiger charge is -2.08. The summed E-state index contributed by atoms with van der Waals surface area (Å²) in [7, 11) is 0. The van der Waals surface area contributed by atoms with E-state index in [9.17, 15) is 14.0 Å². The van der Waals surface area contributed by atoms with Crippen LogP contribution in [0.1, 0.15) is 24.2 Å². The highest BCUT2D eigenvalue weighted by Crippen LogP contribution is 2.21. The molecule has 1 aromatic heterocycles. The number of ether oxygens (including phenoxy) is 1. The molecule has 0 aliphatic heterocycles. The van der Waals surface area contributed by atoms with Crippen LogP contribution >= 0.6 is 0 Å². The van der Waals surface area contributed by atoms with Gasteiger partial charge in [-0.15, -0.1) is 0 Å². The smallest absolute Gasteiger partial charge is 0.258 e. The van der Waals surface area contributed by atoms with Crippen LogP contribution in [0.25, 0.3) is 10.9 Å². The Balaban J connectivity index is 1.22. The lowest BCUT2D eigenvalue weighted by Crippen LogP contribution is -2.22. The Kier molecular flexibility index (Phi) is 6.55. The molecule has 0 bridgehead atoms. The molecule has 0 atom stereocenters. The normalized spacial score (nSPS) is 10.8. The van der Waals surface area contributed by atoms with Gasteiger partial charge in [0.25, 0.3) is 5.56 Å². The van der Waals surface area contributed by atoms with Crippen LogP contribution in [0.4, 0.5) is 4.39 Å². The number of H-pyrrole nitrogens is 1. The fraction of sp³-hybridized carbons (Fsp3) is 0.160. The van der Waals surface area contributed by atoms with Crippen molar-refractivity contribution in [2.24, 2.45) is 0 Å². The van der Waals surface area contributed by atoms with Crippen LogP contribution in [0.15, 0.2) is 77.6 Å². The zero-order valence-corrected chi connectivity index (χ0v) is 17.3. The Morgan fingerprint density at radius 1 is 0.969 bits per heavy atom. The van der Waals surface area contributed by atoms with Crippen molar-refractivity contribution in [3.05, 3.63) is 100 Å². The van der Waals surface area contributed by atoms with Crippen molar-refractivity contribution >= 4 is 16.8 Å². The Morgan fingerprint density at radius 2 is 1.66 bits per heavy atom. The minimum atomic E-state index is -0.315. The number of fused-ring (bicyclic) bond motifs is 1. The van der Waals surface area contributed by atoms with Gasteiger partial charge in [0, 0.05) is 19.4 Å². The Hall–Kier alpha value is -4.00. The van der Waals surface area contributed by atoms with Gasteiger partial charge in [0.2, 0.25) is 5.91 Å². The third kappa shape index (κ3) is 5.57. The van der Waals surface area contributed by atoms with Crippen molar-refractivity contribution in [2.45, 2.75) is 25.8 Å². The molecule has 1 heterocycles. The Bertz CT molecular complexity index is 1270. The summed E-state index contributed by atoms with van der Waals surface area (Å²) < 4.78 is 18.6. The lowest BCUT2D eigenvalue weighted by atomic mass is 10.2. The number of benzene rings is 3. The number of hydrogen-bond acceptors (Lipinski definition) is 4. The third-order valence-corrected chi connectivity index (χ3v) is 4.94. The number of carbonyl (C=O) groups excluding carboxylic acids is 1. The molecule has 7 heteroatoms. The zero-order valence-electron chi connectivity index (χ0n) is 17.3.